The van der Waals surface area contributed by atoms with E-state index in [2.05, 4.69) is 0 Å². The van der Waals surface area contributed by atoms with Crippen molar-refractivity contribution in [2.45, 2.75) is 38.4 Å². The first kappa shape index (κ1) is 22.3. The Hall–Kier alpha value is -3.16. The monoisotopic (exact) mass is 505 g/mol. The van der Waals surface area contributed by atoms with Gasteiger partial charge < -0.3 is 0 Å². The fraction of sp³-hybridized carbons (Fsp3) is 0.231. The lowest BCUT2D eigenvalue weighted by Crippen LogP contribution is -2.33. The second-order valence-corrected chi connectivity index (χ2v) is 11.2. The Bertz CT molecular complexity index is 1950. The van der Waals surface area contributed by atoms with E-state index in [9.17, 15) is 23.7 Å². The van der Waals surface area contributed by atoms with Gasteiger partial charge in [-0.3, -0.25) is 19.2 Å². The third kappa shape index (κ3) is 3.25. The average molecular weight is 505 g/mol. The molecule has 2 unspecified atom stereocenters. The Balaban J connectivity index is 1.56. The molecule has 1 aromatic heterocycles. The summed E-state index contributed by atoms with van der Waals surface area (Å²) in [6, 6.07) is 11.5. The van der Waals surface area contributed by atoms with E-state index in [1.807, 2.05) is 13.8 Å². The second-order valence-electron chi connectivity index (χ2n) is 9.30. The fourth-order valence-electron chi connectivity index (χ4n) is 4.91. The molecule has 0 amide bonds. The van der Waals surface area contributed by atoms with Gasteiger partial charge in [-0.1, -0.05) is 30.3 Å². The van der Waals surface area contributed by atoms with E-state index in [0.717, 1.165) is 16.9 Å². The van der Waals surface area contributed by atoms with E-state index < -0.39 is 24.7 Å². The van der Waals surface area contributed by atoms with Gasteiger partial charge in [-0.25, -0.2) is 0 Å². The minimum absolute atomic E-state index is 0.0261. The molecule has 1 aliphatic heterocycles. The van der Waals surface area contributed by atoms with Gasteiger partial charge in [-0.05, 0) is 44.4 Å². The van der Waals surface area contributed by atoms with Gasteiger partial charge in [0.05, 0.1) is 20.2 Å². The van der Waals surface area contributed by atoms with Crippen molar-refractivity contribution in [1.29, 1.82) is 0 Å². The van der Waals surface area contributed by atoms with Gasteiger partial charge >= 0.3 is 8.25 Å². The molecule has 35 heavy (non-hydrogen) atoms. The molecular weight excluding hydrogens is 487 g/mol. The van der Waals surface area contributed by atoms with Crippen molar-refractivity contribution in [3.63, 3.8) is 0 Å². The summed E-state index contributed by atoms with van der Waals surface area (Å²) in [5.74, 6) is 0. The number of thiophene rings is 1. The molecule has 0 aliphatic carbocycles. The Morgan fingerprint density at radius 3 is 2.00 bits per heavy atom. The van der Waals surface area contributed by atoms with Crippen LogP contribution < -0.4 is 21.7 Å². The number of hydrogen-bond donors (Lipinski definition) is 0. The molecule has 0 N–H and O–H groups in total. The summed E-state index contributed by atoms with van der Waals surface area (Å²) in [7, 11) is -2.16. The number of aryl methyl sites for hydroxylation is 1. The maximum Gasteiger partial charge on any atom is 0.698 e. The fourth-order valence-corrected chi connectivity index (χ4v) is 7.23. The van der Waals surface area contributed by atoms with Gasteiger partial charge in [0.2, 0.25) is 10.9 Å². The molecule has 0 bridgehead atoms. The molecule has 0 radical (unpaired) electrons. The molecule has 2 heterocycles. The van der Waals surface area contributed by atoms with Crippen LogP contribution in [0.4, 0.5) is 0 Å². The van der Waals surface area contributed by atoms with Crippen LogP contribution in [0.2, 0.25) is 0 Å². The largest absolute Gasteiger partial charge is 0.698 e. The molecule has 1 aliphatic rings. The molecule has 5 aromatic rings. The minimum Gasteiger partial charge on any atom is -0.289 e. The first-order chi connectivity index (χ1) is 16.7. The van der Waals surface area contributed by atoms with Gasteiger partial charge in [0.1, 0.15) is 6.10 Å². The van der Waals surface area contributed by atoms with Crippen molar-refractivity contribution >= 4 is 61.3 Å². The highest BCUT2D eigenvalue weighted by atomic mass is 32.1. The second kappa shape index (κ2) is 7.67. The van der Waals surface area contributed by atoms with Crippen LogP contribution in [0, 0.1) is 0 Å². The summed E-state index contributed by atoms with van der Waals surface area (Å²) in [6.45, 7) is 3.62. The van der Waals surface area contributed by atoms with Crippen LogP contribution in [0.1, 0.15) is 25.8 Å². The van der Waals surface area contributed by atoms with E-state index in [1.165, 1.54) is 0 Å². The van der Waals surface area contributed by atoms with Gasteiger partial charge in [-0.2, -0.15) is 0 Å². The standard InChI is InChI=1S/C26H18O7PS/c1-26(2)17(32-34(31)33-26)10-8-12-7-9-15-16(11-12)21(28)19-18-20(27)13-5-3-4-6-14(13)22(29)24(18)35-25(19)23(15)30/h3-7,9,11,17H,8,10H2,1-2H3/q+1. The van der Waals surface area contributed by atoms with Crippen LogP contribution in [0.5, 0.6) is 0 Å². The molecule has 0 saturated carbocycles. The summed E-state index contributed by atoms with van der Waals surface area (Å²) in [4.78, 5) is 53.3. The molecule has 2 atom stereocenters. The Labute approximate surface area is 202 Å². The van der Waals surface area contributed by atoms with Gasteiger partial charge in [0, 0.05) is 26.1 Å². The highest BCUT2D eigenvalue weighted by Gasteiger charge is 2.52. The summed E-state index contributed by atoms with van der Waals surface area (Å²) in [5, 5.41) is 1.05. The van der Waals surface area contributed by atoms with Crippen molar-refractivity contribution in [2.75, 3.05) is 0 Å². The summed E-state index contributed by atoms with van der Waals surface area (Å²) >= 11 is 0.921. The minimum atomic E-state index is -2.16. The van der Waals surface area contributed by atoms with Crippen LogP contribution >= 0.6 is 19.6 Å². The lowest BCUT2D eigenvalue weighted by atomic mass is 9.94. The van der Waals surface area contributed by atoms with Crippen LogP contribution in [0.25, 0.3) is 41.7 Å². The Morgan fingerprint density at radius 1 is 0.829 bits per heavy atom. The Morgan fingerprint density at radius 2 is 1.40 bits per heavy atom. The molecule has 1 saturated heterocycles. The maximum atomic E-state index is 13.6. The molecule has 9 heteroatoms. The molecule has 1 fully saturated rings. The molecule has 4 aromatic carbocycles. The van der Waals surface area contributed by atoms with Crippen LogP contribution in [0.3, 0.4) is 0 Å². The molecule has 7 nitrogen and oxygen atoms in total. The number of hydrogen-bond acceptors (Lipinski definition) is 8. The van der Waals surface area contributed by atoms with Gasteiger partial charge in [0.15, 0.2) is 16.5 Å². The van der Waals surface area contributed by atoms with E-state index in [4.69, 9.17) is 9.05 Å². The first-order valence-corrected chi connectivity index (χ1v) is 13.0. The topological polar surface area (TPSA) is 104 Å². The number of fused-ring (bicyclic) bond motifs is 5. The number of benzene rings is 4. The highest BCUT2D eigenvalue weighted by Crippen LogP contribution is 2.46. The lowest BCUT2D eigenvalue weighted by Gasteiger charge is -2.16. The van der Waals surface area contributed by atoms with E-state index in [1.54, 1.807) is 42.5 Å². The predicted molar refractivity (Wildman–Crippen MR) is 138 cm³/mol. The van der Waals surface area contributed by atoms with Crippen LogP contribution in [0.15, 0.2) is 61.6 Å². The smallest absolute Gasteiger partial charge is 0.289 e. The number of rotatable bonds is 3. The van der Waals surface area contributed by atoms with E-state index >= 15 is 0 Å². The van der Waals surface area contributed by atoms with E-state index in [0.29, 0.717) is 12.8 Å². The maximum absolute atomic E-state index is 13.6. The molecule has 174 valence electrons. The summed E-state index contributed by atoms with van der Waals surface area (Å²) < 4.78 is 22.7. The zero-order chi connectivity index (χ0) is 24.6. The zero-order valence-corrected chi connectivity index (χ0v) is 20.5. The SMILES string of the molecule is CC1(C)O[P+](=O)OC1CCc1ccc2c(=O)c3sc4c(=O)c5ccccc5c(=O)c4c3c(=O)c2c1. The third-order valence-electron chi connectivity index (χ3n) is 6.76. The highest BCUT2D eigenvalue weighted by molar-refractivity contribution is 7.33. The van der Waals surface area contributed by atoms with Crippen molar-refractivity contribution in [3.05, 3.63) is 88.9 Å². The van der Waals surface area contributed by atoms with Crippen LogP contribution in [-0.2, 0) is 20.0 Å². The summed E-state index contributed by atoms with van der Waals surface area (Å²) in [6.07, 6.45) is 0.644. The zero-order valence-electron chi connectivity index (χ0n) is 18.7. The van der Waals surface area contributed by atoms with E-state index in [-0.39, 0.29) is 58.7 Å². The third-order valence-corrected chi connectivity index (χ3v) is 8.99. The molecular formula is C26H18O7PS+. The van der Waals surface area contributed by atoms with Crippen molar-refractivity contribution in [1.82, 2.24) is 0 Å². The average Bonchev–Trinajstić information content (AvgIpc) is 3.36. The first-order valence-electron chi connectivity index (χ1n) is 11.1. The summed E-state index contributed by atoms with van der Waals surface area (Å²) in [5.41, 5.74) is -1.45. The van der Waals surface area contributed by atoms with Gasteiger partial charge in [-0.15, -0.1) is 20.4 Å². The van der Waals surface area contributed by atoms with Crippen molar-refractivity contribution in [2.24, 2.45) is 0 Å². The Kier molecular flexibility index (Phi) is 4.89. The van der Waals surface area contributed by atoms with Crippen LogP contribution in [-0.4, -0.2) is 11.7 Å². The normalized spacial score (nSPS) is 18.9. The molecule has 6 rings (SSSR count). The van der Waals surface area contributed by atoms with Crippen molar-refractivity contribution < 1.29 is 13.6 Å². The lowest BCUT2D eigenvalue weighted by molar-refractivity contribution is 0.0681. The molecule has 0 spiro atoms. The van der Waals surface area contributed by atoms with Gasteiger partial charge in [0.25, 0.3) is 0 Å². The predicted octanol–water partition coefficient (Wildman–Crippen LogP) is 4.46. The quantitative estimate of drug-likeness (QED) is 0.334. The van der Waals surface area contributed by atoms with Crippen molar-refractivity contribution in [3.8, 4) is 0 Å².